The zero-order valence-corrected chi connectivity index (χ0v) is 28.4. The molecule has 2 amide bonds. The molecule has 2 heterocycles. The van der Waals surface area contributed by atoms with E-state index in [4.69, 9.17) is 14.2 Å². The lowest BCUT2D eigenvalue weighted by atomic mass is 10.0. The molecule has 4 rings (SSSR count). The summed E-state index contributed by atoms with van der Waals surface area (Å²) in [6.07, 6.45) is 1.06. The molecule has 48 heavy (non-hydrogen) atoms. The molecule has 0 saturated heterocycles. The Bertz CT molecular complexity index is 1740. The Hall–Kier alpha value is -5.27. The summed E-state index contributed by atoms with van der Waals surface area (Å²) in [4.78, 5) is 57.8. The number of nitrogens with zero attached hydrogens (tertiary/aromatic N) is 6. The maximum atomic E-state index is 13.5. The van der Waals surface area contributed by atoms with Crippen LogP contribution in [0.1, 0.15) is 71.7 Å². The monoisotopic (exact) mass is 661 g/mol. The Kier molecular flexibility index (Phi) is 11.2. The number of imidazole rings is 1. The van der Waals surface area contributed by atoms with Crippen molar-refractivity contribution in [2.24, 2.45) is 0 Å². The van der Waals surface area contributed by atoms with Crippen molar-refractivity contribution in [3.63, 3.8) is 0 Å². The van der Waals surface area contributed by atoms with Gasteiger partial charge < -0.3 is 19.5 Å². The van der Waals surface area contributed by atoms with Crippen LogP contribution in [0.3, 0.4) is 0 Å². The Labute approximate surface area is 279 Å². The molecule has 0 aliphatic rings. The van der Waals surface area contributed by atoms with Gasteiger partial charge in [0.15, 0.2) is 0 Å². The van der Waals surface area contributed by atoms with Crippen molar-refractivity contribution in [2.45, 2.75) is 84.6 Å². The standard InChI is InChI=1S/C34H43N7O7/c1-33(2,3)47-31(44)40(30-36-25-17-11-12-18-27(25)41(30)32(45)48-34(4,5)6)19-13-16-24-21-39(38-37-24)22-28(42)35-26(20-29(43)46-7)23-14-9-8-10-15-23/h8-12,14-15,17-18,21,26H,13,16,19-20,22H2,1-7H3,(H,35,42). The van der Waals surface area contributed by atoms with E-state index in [9.17, 15) is 19.2 Å². The molecule has 2 aromatic heterocycles. The van der Waals surface area contributed by atoms with Crippen LogP contribution < -0.4 is 10.2 Å². The quantitative estimate of drug-likeness (QED) is 0.167. The second-order valence-corrected chi connectivity index (χ2v) is 13.2. The van der Waals surface area contributed by atoms with E-state index >= 15 is 0 Å². The van der Waals surface area contributed by atoms with E-state index in [1.54, 1.807) is 72.0 Å². The number of anilines is 1. The number of nitrogens with one attached hydrogen (secondary N) is 1. The van der Waals surface area contributed by atoms with E-state index in [2.05, 4.69) is 20.6 Å². The summed E-state index contributed by atoms with van der Waals surface area (Å²) in [5, 5.41) is 11.1. The molecule has 14 nitrogen and oxygen atoms in total. The Morgan fingerprint density at radius 1 is 0.917 bits per heavy atom. The number of hydrogen-bond donors (Lipinski definition) is 1. The molecule has 1 atom stereocenters. The van der Waals surface area contributed by atoms with Crippen LogP contribution in [0, 0.1) is 0 Å². The van der Waals surface area contributed by atoms with Crippen molar-refractivity contribution in [1.29, 1.82) is 0 Å². The van der Waals surface area contributed by atoms with Gasteiger partial charge in [-0.05, 0) is 72.1 Å². The third-order valence-corrected chi connectivity index (χ3v) is 6.82. The molecule has 4 aromatic rings. The molecule has 0 aliphatic carbocycles. The highest BCUT2D eigenvalue weighted by Gasteiger charge is 2.31. The average Bonchev–Trinajstić information content (AvgIpc) is 3.61. The minimum atomic E-state index is -0.808. The van der Waals surface area contributed by atoms with Crippen LogP contribution in [0.25, 0.3) is 11.0 Å². The van der Waals surface area contributed by atoms with Gasteiger partial charge in [0.05, 0.1) is 36.3 Å². The summed E-state index contributed by atoms with van der Waals surface area (Å²) < 4.78 is 18.9. The minimum absolute atomic E-state index is 0.0231. The number of aryl methyl sites for hydroxylation is 1. The fourth-order valence-corrected chi connectivity index (χ4v) is 4.80. The number of benzene rings is 2. The zero-order valence-electron chi connectivity index (χ0n) is 28.4. The van der Waals surface area contributed by atoms with Crippen molar-refractivity contribution in [3.8, 4) is 0 Å². The number of para-hydroxylation sites is 2. The van der Waals surface area contributed by atoms with Crippen LogP contribution in [-0.4, -0.2) is 73.5 Å². The summed E-state index contributed by atoms with van der Waals surface area (Å²) in [5.74, 6) is -0.740. The third kappa shape index (κ3) is 9.86. The van der Waals surface area contributed by atoms with Gasteiger partial charge >= 0.3 is 18.2 Å². The molecule has 1 N–H and O–H groups in total. The lowest BCUT2D eigenvalue weighted by Crippen LogP contribution is -2.40. The molecular weight excluding hydrogens is 618 g/mol. The second-order valence-electron chi connectivity index (χ2n) is 13.2. The number of ether oxygens (including phenoxy) is 3. The van der Waals surface area contributed by atoms with E-state index in [1.807, 2.05) is 30.3 Å². The maximum absolute atomic E-state index is 13.5. The van der Waals surface area contributed by atoms with Crippen LogP contribution in [0.2, 0.25) is 0 Å². The second kappa shape index (κ2) is 15.1. The molecule has 256 valence electrons. The summed E-state index contributed by atoms with van der Waals surface area (Å²) in [5.41, 5.74) is 0.750. The summed E-state index contributed by atoms with van der Waals surface area (Å²) in [7, 11) is 1.30. The fourth-order valence-electron chi connectivity index (χ4n) is 4.80. The van der Waals surface area contributed by atoms with Gasteiger partial charge in [-0.25, -0.2) is 28.7 Å². The van der Waals surface area contributed by atoms with Gasteiger partial charge in [-0.1, -0.05) is 47.7 Å². The third-order valence-electron chi connectivity index (χ3n) is 6.82. The van der Waals surface area contributed by atoms with E-state index in [0.717, 1.165) is 5.56 Å². The van der Waals surface area contributed by atoms with Crippen molar-refractivity contribution in [1.82, 2.24) is 29.9 Å². The molecular formula is C34H43N7O7. The molecule has 0 fully saturated rings. The lowest BCUT2D eigenvalue weighted by molar-refractivity contribution is -0.141. The SMILES string of the molecule is COC(=O)CC(NC(=O)Cn1cc(CCCN(C(=O)OC(C)(C)C)c2nc3ccccc3n2C(=O)OC(C)(C)C)nn1)c1ccccc1. The van der Waals surface area contributed by atoms with Crippen LogP contribution in [0.15, 0.2) is 60.8 Å². The molecule has 2 aromatic carbocycles. The molecule has 1 unspecified atom stereocenters. The minimum Gasteiger partial charge on any atom is -0.469 e. The molecule has 0 saturated carbocycles. The van der Waals surface area contributed by atoms with E-state index in [1.165, 1.54) is 21.3 Å². The number of amides is 2. The number of carbonyl (C=O) groups excluding carboxylic acids is 4. The van der Waals surface area contributed by atoms with Gasteiger partial charge in [0, 0.05) is 12.7 Å². The molecule has 0 radical (unpaired) electrons. The first kappa shape index (κ1) is 35.6. The lowest BCUT2D eigenvalue weighted by Gasteiger charge is -2.27. The Balaban J connectivity index is 1.48. The van der Waals surface area contributed by atoms with Gasteiger partial charge in [0.25, 0.3) is 0 Å². The summed E-state index contributed by atoms with van der Waals surface area (Å²) >= 11 is 0. The number of rotatable bonds is 11. The van der Waals surface area contributed by atoms with Crippen LogP contribution in [0.5, 0.6) is 0 Å². The fraction of sp³-hybridized carbons (Fsp3) is 0.441. The van der Waals surface area contributed by atoms with Crippen LogP contribution in [0.4, 0.5) is 15.5 Å². The highest BCUT2D eigenvalue weighted by molar-refractivity contribution is 5.95. The number of aromatic nitrogens is 5. The predicted molar refractivity (Wildman–Crippen MR) is 177 cm³/mol. The first-order chi connectivity index (χ1) is 22.6. The highest BCUT2D eigenvalue weighted by atomic mass is 16.6. The van der Waals surface area contributed by atoms with Gasteiger partial charge in [-0.2, -0.15) is 0 Å². The summed E-state index contributed by atoms with van der Waals surface area (Å²) in [6.45, 7) is 10.5. The van der Waals surface area contributed by atoms with Crippen molar-refractivity contribution in [3.05, 3.63) is 72.1 Å². The zero-order chi connectivity index (χ0) is 35.1. The van der Waals surface area contributed by atoms with Gasteiger partial charge in [0.2, 0.25) is 11.9 Å². The molecule has 14 heteroatoms. The predicted octanol–water partition coefficient (Wildman–Crippen LogP) is 5.21. The van der Waals surface area contributed by atoms with Gasteiger partial charge in [-0.15, -0.1) is 5.10 Å². The topological polar surface area (TPSA) is 160 Å². The largest absolute Gasteiger partial charge is 0.469 e. The Morgan fingerprint density at radius 3 is 2.25 bits per heavy atom. The molecule has 0 aliphatic heterocycles. The maximum Gasteiger partial charge on any atom is 0.421 e. The van der Waals surface area contributed by atoms with Gasteiger partial charge in [-0.3, -0.25) is 9.59 Å². The van der Waals surface area contributed by atoms with Gasteiger partial charge in [0.1, 0.15) is 17.7 Å². The average molecular weight is 662 g/mol. The van der Waals surface area contributed by atoms with E-state index < -0.39 is 35.4 Å². The van der Waals surface area contributed by atoms with Crippen molar-refractivity contribution in [2.75, 3.05) is 18.6 Å². The number of methoxy groups -OCH3 is 1. The van der Waals surface area contributed by atoms with Crippen LogP contribution in [-0.2, 0) is 36.8 Å². The van der Waals surface area contributed by atoms with Crippen molar-refractivity contribution < 1.29 is 33.4 Å². The Morgan fingerprint density at radius 2 is 1.58 bits per heavy atom. The highest BCUT2D eigenvalue weighted by Crippen LogP contribution is 2.26. The normalized spacial score (nSPS) is 12.3. The van der Waals surface area contributed by atoms with E-state index in [-0.39, 0.29) is 31.4 Å². The molecule has 0 bridgehead atoms. The van der Waals surface area contributed by atoms with Crippen LogP contribution >= 0.6 is 0 Å². The van der Waals surface area contributed by atoms with Crippen molar-refractivity contribution >= 4 is 41.0 Å². The number of hydrogen-bond acceptors (Lipinski definition) is 10. The smallest absolute Gasteiger partial charge is 0.421 e. The first-order valence-corrected chi connectivity index (χ1v) is 15.6. The number of esters is 1. The first-order valence-electron chi connectivity index (χ1n) is 15.6. The van der Waals surface area contributed by atoms with E-state index in [0.29, 0.717) is 29.6 Å². The summed E-state index contributed by atoms with van der Waals surface area (Å²) in [6, 6.07) is 15.6. The number of carbonyl (C=O) groups is 4. The molecule has 0 spiro atoms. The number of fused-ring (bicyclic) bond motifs is 1.